The summed E-state index contributed by atoms with van der Waals surface area (Å²) in [5, 5.41) is 0.766. The summed E-state index contributed by atoms with van der Waals surface area (Å²) in [6.07, 6.45) is 2.65. The Labute approximate surface area is 102 Å². The molecule has 1 aromatic heterocycles. The Morgan fingerprint density at radius 2 is 1.80 bits per heavy atom. The molecule has 15 heavy (non-hydrogen) atoms. The topological polar surface area (TPSA) is 12.9 Å². The van der Waals surface area contributed by atoms with E-state index in [4.69, 9.17) is 11.6 Å². The standard InChI is InChI=1S/C12H9BrClN/c13-10-3-6-12(15-8-10)7-9-1-4-11(14)5-2-9/h1-6,8H,7H2. The molecule has 0 fully saturated rings. The Balaban J connectivity index is 2.15. The van der Waals surface area contributed by atoms with Crippen LogP contribution >= 0.6 is 27.5 Å². The highest BCUT2D eigenvalue weighted by Crippen LogP contribution is 2.14. The van der Waals surface area contributed by atoms with Gasteiger partial charge in [0.1, 0.15) is 0 Å². The largest absolute Gasteiger partial charge is 0.260 e. The highest BCUT2D eigenvalue weighted by Gasteiger charge is 1.97. The molecule has 0 atom stereocenters. The quantitative estimate of drug-likeness (QED) is 0.808. The van der Waals surface area contributed by atoms with E-state index >= 15 is 0 Å². The fourth-order valence-corrected chi connectivity index (χ4v) is 1.68. The summed E-state index contributed by atoms with van der Waals surface area (Å²) in [6.45, 7) is 0. The minimum atomic E-state index is 0.766. The number of aromatic nitrogens is 1. The Kier molecular flexibility index (Phi) is 3.39. The normalized spacial score (nSPS) is 10.3. The molecule has 1 nitrogen and oxygen atoms in total. The first-order chi connectivity index (χ1) is 7.24. The fraction of sp³-hybridized carbons (Fsp3) is 0.0833. The second kappa shape index (κ2) is 4.77. The van der Waals surface area contributed by atoms with Crippen molar-refractivity contribution < 1.29 is 0 Å². The Morgan fingerprint density at radius 3 is 2.40 bits per heavy atom. The van der Waals surface area contributed by atoms with Gasteiger partial charge in [0, 0.05) is 27.8 Å². The Hall–Kier alpha value is -0.860. The number of hydrogen-bond donors (Lipinski definition) is 0. The van der Waals surface area contributed by atoms with Crippen molar-refractivity contribution in [2.45, 2.75) is 6.42 Å². The molecule has 76 valence electrons. The van der Waals surface area contributed by atoms with E-state index in [1.807, 2.05) is 42.6 Å². The van der Waals surface area contributed by atoms with E-state index in [0.29, 0.717) is 0 Å². The van der Waals surface area contributed by atoms with Gasteiger partial charge >= 0.3 is 0 Å². The van der Waals surface area contributed by atoms with E-state index in [2.05, 4.69) is 20.9 Å². The average Bonchev–Trinajstić information content (AvgIpc) is 2.25. The number of nitrogens with zero attached hydrogens (tertiary/aromatic N) is 1. The van der Waals surface area contributed by atoms with Crippen molar-refractivity contribution in [1.82, 2.24) is 4.98 Å². The van der Waals surface area contributed by atoms with Gasteiger partial charge in [0.05, 0.1) is 0 Å². The van der Waals surface area contributed by atoms with Crippen LogP contribution in [-0.4, -0.2) is 4.98 Å². The molecule has 0 N–H and O–H groups in total. The molecule has 0 saturated carbocycles. The van der Waals surface area contributed by atoms with Crippen LogP contribution in [0.2, 0.25) is 5.02 Å². The maximum Gasteiger partial charge on any atom is 0.0448 e. The third-order valence-corrected chi connectivity index (χ3v) is 2.81. The van der Waals surface area contributed by atoms with E-state index in [1.165, 1.54) is 5.56 Å². The van der Waals surface area contributed by atoms with Crippen molar-refractivity contribution in [3.63, 3.8) is 0 Å². The van der Waals surface area contributed by atoms with Gasteiger partial charge in [-0.2, -0.15) is 0 Å². The highest BCUT2D eigenvalue weighted by molar-refractivity contribution is 9.10. The van der Waals surface area contributed by atoms with Gasteiger partial charge in [-0.3, -0.25) is 4.98 Å². The van der Waals surface area contributed by atoms with E-state index in [0.717, 1.165) is 21.6 Å². The van der Waals surface area contributed by atoms with Gasteiger partial charge in [0.15, 0.2) is 0 Å². The molecule has 0 unspecified atom stereocenters. The molecule has 1 heterocycles. The fourth-order valence-electron chi connectivity index (χ4n) is 1.32. The van der Waals surface area contributed by atoms with Crippen molar-refractivity contribution in [3.05, 3.63) is 63.3 Å². The summed E-state index contributed by atoms with van der Waals surface area (Å²) in [6, 6.07) is 11.8. The number of rotatable bonds is 2. The summed E-state index contributed by atoms with van der Waals surface area (Å²) in [4.78, 5) is 4.32. The molecule has 0 radical (unpaired) electrons. The van der Waals surface area contributed by atoms with Crippen molar-refractivity contribution in [2.24, 2.45) is 0 Å². The zero-order valence-corrected chi connectivity index (χ0v) is 10.3. The molecule has 0 bridgehead atoms. The Bertz CT molecular complexity index is 393. The lowest BCUT2D eigenvalue weighted by Gasteiger charge is -2.01. The van der Waals surface area contributed by atoms with Crippen LogP contribution in [0.1, 0.15) is 11.3 Å². The minimum Gasteiger partial charge on any atom is -0.260 e. The number of pyridine rings is 1. The third-order valence-electron chi connectivity index (χ3n) is 2.09. The summed E-state index contributed by atoms with van der Waals surface area (Å²) < 4.78 is 1.00. The van der Waals surface area contributed by atoms with Crippen LogP contribution in [0.15, 0.2) is 47.1 Å². The van der Waals surface area contributed by atoms with Crippen LogP contribution in [-0.2, 0) is 6.42 Å². The van der Waals surface area contributed by atoms with Crippen molar-refractivity contribution in [2.75, 3.05) is 0 Å². The molecule has 3 heteroatoms. The maximum absolute atomic E-state index is 5.81. The predicted octanol–water partition coefficient (Wildman–Crippen LogP) is 4.09. The maximum atomic E-state index is 5.81. The second-order valence-electron chi connectivity index (χ2n) is 3.27. The smallest absolute Gasteiger partial charge is 0.0448 e. The van der Waals surface area contributed by atoms with E-state index in [-0.39, 0.29) is 0 Å². The van der Waals surface area contributed by atoms with Crippen LogP contribution in [0.25, 0.3) is 0 Å². The minimum absolute atomic E-state index is 0.766. The molecule has 0 aliphatic rings. The van der Waals surface area contributed by atoms with Gasteiger partial charge in [-0.1, -0.05) is 23.7 Å². The molecule has 1 aromatic carbocycles. The Morgan fingerprint density at radius 1 is 1.07 bits per heavy atom. The van der Waals surface area contributed by atoms with Crippen LogP contribution in [0, 0.1) is 0 Å². The van der Waals surface area contributed by atoms with Crippen molar-refractivity contribution in [3.8, 4) is 0 Å². The lowest BCUT2D eigenvalue weighted by atomic mass is 10.1. The first-order valence-electron chi connectivity index (χ1n) is 4.59. The molecular weight excluding hydrogens is 273 g/mol. The summed E-state index contributed by atoms with van der Waals surface area (Å²) in [5.74, 6) is 0. The van der Waals surface area contributed by atoms with Gasteiger partial charge in [0.2, 0.25) is 0 Å². The van der Waals surface area contributed by atoms with Crippen LogP contribution < -0.4 is 0 Å². The number of benzene rings is 1. The molecule has 2 rings (SSSR count). The molecule has 0 saturated heterocycles. The third kappa shape index (κ3) is 3.05. The van der Waals surface area contributed by atoms with Gasteiger partial charge in [-0.05, 0) is 45.8 Å². The predicted molar refractivity (Wildman–Crippen MR) is 66.2 cm³/mol. The molecular formula is C12H9BrClN. The molecule has 0 amide bonds. The van der Waals surface area contributed by atoms with E-state index < -0.39 is 0 Å². The summed E-state index contributed by atoms with van der Waals surface area (Å²) in [5.41, 5.74) is 2.27. The number of halogens is 2. The first kappa shape index (κ1) is 10.7. The lowest BCUT2D eigenvalue weighted by Crippen LogP contribution is -1.90. The summed E-state index contributed by atoms with van der Waals surface area (Å²) >= 11 is 9.17. The zero-order chi connectivity index (χ0) is 10.7. The van der Waals surface area contributed by atoms with Crippen LogP contribution in [0.5, 0.6) is 0 Å². The lowest BCUT2D eigenvalue weighted by molar-refractivity contribution is 1.07. The molecule has 0 spiro atoms. The van der Waals surface area contributed by atoms with Crippen LogP contribution in [0.3, 0.4) is 0 Å². The van der Waals surface area contributed by atoms with Gasteiger partial charge in [-0.25, -0.2) is 0 Å². The van der Waals surface area contributed by atoms with Crippen molar-refractivity contribution in [1.29, 1.82) is 0 Å². The first-order valence-corrected chi connectivity index (χ1v) is 5.76. The number of hydrogen-bond acceptors (Lipinski definition) is 1. The van der Waals surface area contributed by atoms with Gasteiger partial charge in [-0.15, -0.1) is 0 Å². The van der Waals surface area contributed by atoms with Gasteiger partial charge < -0.3 is 0 Å². The van der Waals surface area contributed by atoms with Gasteiger partial charge in [0.25, 0.3) is 0 Å². The molecule has 0 aliphatic heterocycles. The molecule has 0 aliphatic carbocycles. The highest BCUT2D eigenvalue weighted by atomic mass is 79.9. The SMILES string of the molecule is Clc1ccc(Cc2ccc(Br)cn2)cc1. The van der Waals surface area contributed by atoms with E-state index in [9.17, 15) is 0 Å². The zero-order valence-electron chi connectivity index (χ0n) is 7.95. The second-order valence-corrected chi connectivity index (χ2v) is 4.62. The monoisotopic (exact) mass is 281 g/mol. The average molecular weight is 283 g/mol. The summed E-state index contributed by atoms with van der Waals surface area (Å²) in [7, 11) is 0. The van der Waals surface area contributed by atoms with E-state index in [1.54, 1.807) is 0 Å². The molecule has 2 aromatic rings. The van der Waals surface area contributed by atoms with Crippen LogP contribution in [0.4, 0.5) is 0 Å². The van der Waals surface area contributed by atoms with Crippen molar-refractivity contribution >= 4 is 27.5 Å².